The second-order valence-corrected chi connectivity index (χ2v) is 6.65. The Morgan fingerprint density at radius 2 is 2.09 bits per heavy atom. The Morgan fingerprint density at radius 3 is 2.70 bits per heavy atom. The number of benzene rings is 1. The van der Waals surface area contributed by atoms with Crippen LogP contribution >= 0.6 is 11.6 Å². The summed E-state index contributed by atoms with van der Waals surface area (Å²) in [5.41, 5.74) is -3.36. The van der Waals surface area contributed by atoms with E-state index in [1.807, 2.05) is 6.92 Å². The van der Waals surface area contributed by atoms with Crippen molar-refractivity contribution >= 4 is 29.5 Å². The maximum atomic E-state index is 13.9. The van der Waals surface area contributed by atoms with Crippen LogP contribution in [0.4, 0.5) is 23.7 Å². The van der Waals surface area contributed by atoms with Crippen LogP contribution in [-0.2, 0) is 10.3 Å². The lowest BCUT2D eigenvalue weighted by atomic mass is 9.92. The number of halogens is 4. The van der Waals surface area contributed by atoms with Crippen LogP contribution < -0.4 is 5.32 Å². The minimum absolute atomic E-state index is 0.0184. The number of anilines is 1. The number of rotatable bonds is 3. The van der Waals surface area contributed by atoms with Crippen LogP contribution in [0.3, 0.4) is 0 Å². The third kappa shape index (κ3) is 2.95. The van der Waals surface area contributed by atoms with Crippen molar-refractivity contribution < 1.29 is 22.7 Å². The zero-order valence-corrected chi connectivity index (χ0v) is 13.0. The van der Waals surface area contributed by atoms with Crippen molar-refractivity contribution in [3.63, 3.8) is 0 Å². The van der Waals surface area contributed by atoms with E-state index < -0.39 is 17.8 Å². The number of amides is 2. The highest BCUT2D eigenvalue weighted by atomic mass is 35.5. The lowest BCUT2D eigenvalue weighted by Gasteiger charge is -2.34. The maximum Gasteiger partial charge on any atom is 0.427 e. The van der Waals surface area contributed by atoms with Crippen LogP contribution in [0.2, 0.25) is 5.02 Å². The lowest BCUT2D eigenvalue weighted by Crippen LogP contribution is -2.47. The molecule has 1 aromatic carbocycles. The normalized spacial score (nSPS) is 25.5. The Hall–Kier alpha value is -1.60. The molecule has 0 aromatic heterocycles. The number of carbonyl (C=O) groups excluding carboxylic acids is 1. The molecule has 1 aliphatic heterocycles. The summed E-state index contributed by atoms with van der Waals surface area (Å²) in [7, 11) is 0. The molecule has 23 heavy (non-hydrogen) atoms. The van der Waals surface area contributed by atoms with Gasteiger partial charge in [-0.3, -0.25) is 0 Å². The van der Waals surface area contributed by atoms with E-state index in [9.17, 15) is 18.0 Å². The molecule has 3 rings (SSSR count). The summed E-state index contributed by atoms with van der Waals surface area (Å²) < 4.78 is 47.1. The fourth-order valence-corrected chi connectivity index (χ4v) is 2.54. The maximum absolute atomic E-state index is 13.9. The van der Waals surface area contributed by atoms with E-state index in [1.54, 1.807) is 0 Å². The fourth-order valence-electron chi connectivity index (χ4n) is 2.37. The van der Waals surface area contributed by atoms with Gasteiger partial charge in [-0.15, -0.1) is 0 Å². The molecular weight excluding hydrogens is 333 g/mol. The number of aliphatic imine (C=N–C) groups is 1. The molecule has 1 saturated carbocycles. The molecule has 0 unspecified atom stereocenters. The van der Waals surface area contributed by atoms with Gasteiger partial charge in [-0.25, -0.2) is 9.79 Å². The average Bonchev–Trinajstić information content (AvgIpc) is 3.19. The van der Waals surface area contributed by atoms with Crippen molar-refractivity contribution in [3.8, 4) is 0 Å². The van der Waals surface area contributed by atoms with Crippen molar-refractivity contribution in [2.24, 2.45) is 10.4 Å². The monoisotopic (exact) mass is 346 g/mol. The Balaban J connectivity index is 2.14. The molecule has 8 heteroatoms. The first kappa shape index (κ1) is 16.3. The molecule has 1 aromatic rings. The number of nitrogens with one attached hydrogen (secondary N) is 1. The quantitative estimate of drug-likeness (QED) is 0.874. The van der Waals surface area contributed by atoms with Gasteiger partial charge in [-0.2, -0.15) is 13.2 Å². The van der Waals surface area contributed by atoms with Gasteiger partial charge in [0.05, 0.1) is 12.8 Å². The van der Waals surface area contributed by atoms with Gasteiger partial charge < -0.3 is 10.1 Å². The van der Waals surface area contributed by atoms with Crippen LogP contribution in [0, 0.1) is 5.41 Å². The predicted molar refractivity (Wildman–Crippen MR) is 80.0 cm³/mol. The van der Waals surface area contributed by atoms with Gasteiger partial charge in [0, 0.05) is 16.3 Å². The van der Waals surface area contributed by atoms with Gasteiger partial charge in [0.15, 0.2) is 0 Å². The molecule has 0 bridgehead atoms. The molecule has 1 heterocycles. The smallest absolute Gasteiger partial charge is 0.355 e. The standard InChI is InChI=1S/C15H14ClF3N2O2/c1-13(4-5-13)8-23-14(15(17,18)19)7-20-12(22)21-11-3-2-9(16)6-10(11)14/h2-3,6-7H,4-5,8H2,1H3,(H,21,22)/t14-/m1/s1. The molecule has 0 spiro atoms. The SMILES string of the molecule is CC1(CO[C@]2(C(F)(F)F)C=NC(=O)Nc3ccc(Cl)cc32)CC1. The number of hydrogen-bond acceptors (Lipinski definition) is 2. The van der Waals surface area contributed by atoms with Crippen LogP contribution in [0.25, 0.3) is 0 Å². The number of carbonyl (C=O) groups is 1. The topological polar surface area (TPSA) is 50.7 Å². The van der Waals surface area contributed by atoms with Crippen LogP contribution in [0.1, 0.15) is 25.3 Å². The number of nitrogens with zero attached hydrogens (tertiary/aromatic N) is 1. The molecule has 2 amide bonds. The summed E-state index contributed by atoms with van der Waals surface area (Å²) in [5, 5.41) is 2.43. The summed E-state index contributed by atoms with van der Waals surface area (Å²) in [6.45, 7) is 1.77. The summed E-state index contributed by atoms with van der Waals surface area (Å²) in [4.78, 5) is 14.9. The molecule has 124 valence electrons. The van der Waals surface area contributed by atoms with Gasteiger partial charge in [-0.05, 0) is 36.5 Å². The van der Waals surface area contributed by atoms with Crippen molar-refractivity contribution in [1.29, 1.82) is 0 Å². The van der Waals surface area contributed by atoms with E-state index in [2.05, 4.69) is 10.3 Å². The first-order valence-corrected chi connectivity index (χ1v) is 7.40. The van der Waals surface area contributed by atoms with E-state index in [0.29, 0.717) is 6.21 Å². The van der Waals surface area contributed by atoms with Crippen LogP contribution in [0.15, 0.2) is 23.2 Å². The molecule has 2 aliphatic rings. The predicted octanol–water partition coefficient (Wildman–Crippen LogP) is 4.53. The number of fused-ring (bicyclic) bond motifs is 1. The van der Waals surface area contributed by atoms with Crippen molar-refractivity contribution in [1.82, 2.24) is 0 Å². The number of alkyl halides is 3. The molecule has 0 radical (unpaired) electrons. The molecule has 1 N–H and O–H groups in total. The van der Waals surface area contributed by atoms with Gasteiger partial charge >= 0.3 is 12.2 Å². The molecular formula is C15H14ClF3N2O2. The number of hydrogen-bond donors (Lipinski definition) is 1. The second-order valence-electron chi connectivity index (χ2n) is 6.21. The number of urea groups is 1. The minimum Gasteiger partial charge on any atom is -0.355 e. The molecule has 1 fully saturated rings. The minimum atomic E-state index is -4.80. The van der Waals surface area contributed by atoms with E-state index in [0.717, 1.165) is 18.9 Å². The molecule has 1 aliphatic carbocycles. The van der Waals surface area contributed by atoms with E-state index in [1.165, 1.54) is 12.1 Å². The Bertz CT molecular complexity index is 686. The lowest BCUT2D eigenvalue weighted by molar-refractivity contribution is -0.255. The highest BCUT2D eigenvalue weighted by molar-refractivity contribution is 6.30. The largest absolute Gasteiger partial charge is 0.427 e. The molecule has 4 nitrogen and oxygen atoms in total. The third-order valence-electron chi connectivity index (χ3n) is 4.16. The first-order chi connectivity index (χ1) is 10.7. The van der Waals surface area contributed by atoms with E-state index >= 15 is 0 Å². The Labute approximate surface area is 135 Å². The summed E-state index contributed by atoms with van der Waals surface area (Å²) >= 11 is 5.87. The Morgan fingerprint density at radius 1 is 1.39 bits per heavy atom. The zero-order chi connectivity index (χ0) is 16.9. The van der Waals surface area contributed by atoms with Gasteiger partial charge in [-0.1, -0.05) is 18.5 Å². The average molecular weight is 347 g/mol. The Kier molecular flexibility index (Phi) is 3.68. The zero-order valence-electron chi connectivity index (χ0n) is 12.2. The van der Waals surface area contributed by atoms with Gasteiger partial charge in [0.1, 0.15) is 0 Å². The van der Waals surface area contributed by atoms with Crippen LogP contribution in [0.5, 0.6) is 0 Å². The second kappa shape index (κ2) is 5.21. The fraction of sp³-hybridized carbons (Fsp3) is 0.467. The summed E-state index contributed by atoms with van der Waals surface area (Å²) in [6, 6.07) is 2.97. The summed E-state index contributed by atoms with van der Waals surface area (Å²) in [6.07, 6.45) is -2.67. The number of ether oxygens (including phenoxy) is 1. The highest BCUT2D eigenvalue weighted by Gasteiger charge is 2.59. The van der Waals surface area contributed by atoms with Crippen molar-refractivity contribution in [3.05, 3.63) is 28.8 Å². The van der Waals surface area contributed by atoms with Crippen LogP contribution in [-0.4, -0.2) is 25.0 Å². The van der Waals surface area contributed by atoms with E-state index in [-0.39, 0.29) is 28.3 Å². The molecule has 0 saturated heterocycles. The van der Waals surface area contributed by atoms with Gasteiger partial charge in [0.25, 0.3) is 0 Å². The summed E-state index contributed by atoms with van der Waals surface area (Å²) in [5.74, 6) is 0. The highest BCUT2D eigenvalue weighted by Crippen LogP contribution is 2.50. The third-order valence-corrected chi connectivity index (χ3v) is 4.40. The van der Waals surface area contributed by atoms with Crippen molar-refractivity contribution in [2.45, 2.75) is 31.5 Å². The van der Waals surface area contributed by atoms with Crippen molar-refractivity contribution in [2.75, 3.05) is 11.9 Å². The molecule has 1 atom stereocenters. The first-order valence-electron chi connectivity index (χ1n) is 7.02. The van der Waals surface area contributed by atoms with E-state index in [4.69, 9.17) is 16.3 Å². The van der Waals surface area contributed by atoms with Gasteiger partial charge in [0.2, 0.25) is 5.60 Å².